The zero-order chi connectivity index (χ0) is 17.9. The van der Waals surface area contributed by atoms with Crippen LogP contribution in [-0.2, 0) is 6.61 Å². The summed E-state index contributed by atoms with van der Waals surface area (Å²) in [6, 6.07) is 6.37. The zero-order valence-corrected chi connectivity index (χ0v) is 13.8. The zero-order valence-electron chi connectivity index (χ0n) is 13.8. The van der Waals surface area contributed by atoms with E-state index in [4.69, 9.17) is 16.4 Å². The number of benzene rings is 1. The molecule has 2 aromatic rings. The standard InChI is InChI=1S/C15H20N6O3/c1-10-5-4-6-13(21(17)15(23)19(3)16)12(10)9-24-14-7-8-20(18-14)11(2)22/h4-8H,9,16-17H2,1-3H3. The third-order valence-corrected chi connectivity index (χ3v) is 3.40. The van der Waals surface area contributed by atoms with Crippen LogP contribution in [0.2, 0.25) is 0 Å². The van der Waals surface area contributed by atoms with Crippen molar-refractivity contribution in [3.05, 3.63) is 41.6 Å². The lowest BCUT2D eigenvalue weighted by molar-refractivity contribution is 0.0918. The van der Waals surface area contributed by atoms with Crippen molar-refractivity contribution in [3.8, 4) is 5.88 Å². The maximum absolute atomic E-state index is 12.0. The van der Waals surface area contributed by atoms with Crippen molar-refractivity contribution >= 4 is 17.6 Å². The van der Waals surface area contributed by atoms with Gasteiger partial charge in [0.1, 0.15) is 6.61 Å². The molecule has 2 amide bonds. The highest BCUT2D eigenvalue weighted by Crippen LogP contribution is 2.24. The molecule has 0 aliphatic heterocycles. The van der Waals surface area contributed by atoms with Gasteiger partial charge in [0.2, 0.25) is 11.8 Å². The fourth-order valence-electron chi connectivity index (χ4n) is 2.08. The summed E-state index contributed by atoms with van der Waals surface area (Å²) in [6.07, 6.45) is 1.51. The molecule has 0 radical (unpaired) electrons. The molecule has 0 saturated heterocycles. The molecule has 1 aromatic heterocycles. The van der Waals surface area contributed by atoms with Crippen LogP contribution >= 0.6 is 0 Å². The summed E-state index contributed by atoms with van der Waals surface area (Å²) in [7, 11) is 1.41. The summed E-state index contributed by atoms with van der Waals surface area (Å²) in [4.78, 5) is 23.2. The van der Waals surface area contributed by atoms with Crippen LogP contribution in [-0.4, -0.2) is 33.8 Å². The van der Waals surface area contributed by atoms with Gasteiger partial charge in [-0.15, -0.1) is 5.10 Å². The van der Waals surface area contributed by atoms with Crippen LogP contribution in [0.4, 0.5) is 10.5 Å². The lowest BCUT2D eigenvalue weighted by Gasteiger charge is -2.24. The number of aryl methyl sites for hydroxylation is 1. The van der Waals surface area contributed by atoms with Crippen molar-refractivity contribution in [1.82, 2.24) is 14.8 Å². The Bertz CT molecular complexity index is 755. The Labute approximate surface area is 139 Å². The Morgan fingerprint density at radius 2 is 2.00 bits per heavy atom. The SMILES string of the molecule is CC(=O)n1ccc(OCc2c(C)cccc2N(N)C(=O)N(C)N)n1. The molecule has 0 fully saturated rings. The van der Waals surface area contributed by atoms with E-state index in [2.05, 4.69) is 5.10 Å². The van der Waals surface area contributed by atoms with Gasteiger partial charge in [-0.1, -0.05) is 12.1 Å². The minimum atomic E-state index is -0.567. The number of urea groups is 1. The Hall–Kier alpha value is -2.91. The number of carbonyl (C=O) groups excluding carboxylic acids is 2. The number of amides is 2. The molecule has 0 saturated carbocycles. The predicted molar refractivity (Wildman–Crippen MR) is 88.1 cm³/mol. The number of carbonyl (C=O) groups is 2. The number of rotatable bonds is 4. The number of anilines is 1. The maximum atomic E-state index is 12.0. The molecule has 1 aromatic carbocycles. The average molecular weight is 332 g/mol. The van der Waals surface area contributed by atoms with Crippen LogP contribution in [0.1, 0.15) is 22.8 Å². The van der Waals surface area contributed by atoms with E-state index >= 15 is 0 Å². The van der Waals surface area contributed by atoms with Gasteiger partial charge < -0.3 is 4.74 Å². The number of hydrazine groups is 2. The molecule has 0 aliphatic carbocycles. The molecule has 24 heavy (non-hydrogen) atoms. The highest BCUT2D eigenvalue weighted by Gasteiger charge is 2.19. The number of hydrogen-bond donors (Lipinski definition) is 2. The van der Waals surface area contributed by atoms with Gasteiger partial charge in [0, 0.05) is 31.8 Å². The predicted octanol–water partition coefficient (Wildman–Crippen LogP) is 1.04. The lowest BCUT2D eigenvalue weighted by Crippen LogP contribution is -2.49. The van der Waals surface area contributed by atoms with Gasteiger partial charge in [0.15, 0.2) is 0 Å². The monoisotopic (exact) mass is 332 g/mol. The molecule has 9 heteroatoms. The smallest absolute Gasteiger partial charge is 0.352 e. The quantitative estimate of drug-likeness (QED) is 0.490. The highest BCUT2D eigenvalue weighted by atomic mass is 16.5. The van der Waals surface area contributed by atoms with Gasteiger partial charge in [-0.2, -0.15) is 0 Å². The van der Waals surface area contributed by atoms with Gasteiger partial charge in [-0.25, -0.2) is 26.2 Å². The maximum Gasteiger partial charge on any atom is 0.352 e. The Kier molecular flexibility index (Phi) is 5.17. The number of nitrogens with two attached hydrogens (primary N) is 2. The van der Waals surface area contributed by atoms with E-state index in [1.54, 1.807) is 18.2 Å². The van der Waals surface area contributed by atoms with Crippen molar-refractivity contribution in [2.24, 2.45) is 11.7 Å². The Morgan fingerprint density at radius 1 is 1.29 bits per heavy atom. The van der Waals surface area contributed by atoms with Gasteiger partial charge in [0.05, 0.1) is 5.69 Å². The minimum Gasteiger partial charge on any atom is -0.472 e. The summed E-state index contributed by atoms with van der Waals surface area (Å²) < 4.78 is 6.79. The molecule has 0 atom stereocenters. The number of nitrogens with zero attached hydrogens (tertiary/aromatic N) is 4. The first-order valence-electron chi connectivity index (χ1n) is 7.16. The van der Waals surface area contributed by atoms with E-state index in [1.807, 2.05) is 13.0 Å². The minimum absolute atomic E-state index is 0.131. The normalized spacial score (nSPS) is 10.4. The third kappa shape index (κ3) is 3.70. The molecule has 128 valence electrons. The van der Waals surface area contributed by atoms with Gasteiger partial charge in [-0.05, 0) is 18.6 Å². The molecule has 0 aliphatic rings. The van der Waals surface area contributed by atoms with E-state index in [1.165, 1.54) is 24.9 Å². The summed E-state index contributed by atoms with van der Waals surface area (Å²) in [5.74, 6) is 11.4. The molecular weight excluding hydrogens is 312 g/mol. The first-order chi connectivity index (χ1) is 11.3. The highest BCUT2D eigenvalue weighted by molar-refractivity contribution is 5.91. The molecule has 2 rings (SSSR count). The van der Waals surface area contributed by atoms with E-state index in [9.17, 15) is 9.59 Å². The van der Waals surface area contributed by atoms with Crippen molar-refractivity contribution < 1.29 is 14.3 Å². The largest absolute Gasteiger partial charge is 0.472 e. The molecule has 1 heterocycles. The van der Waals surface area contributed by atoms with E-state index < -0.39 is 6.03 Å². The fourth-order valence-corrected chi connectivity index (χ4v) is 2.08. The van der Waals surface area contributed by atoms with Crippen molar-refractivity contribution in [2.45, 2.75) is 20.5 Å². The third-order valence-electron chi connectivity index (χ3n) is 3.40. The van der Waals surface area contributed by atoms with E-state index in [0.29, 0.717) is 17.1 Å². The van der Waals surface area contributed by atoms with Gasteiger partial charge >= 0.3 is 6.03 Å². The van der Waals surface area contributed by atoms with Crippen molar-refractivity contribution in [2.75, 3.05) is 12.1 Å². The second-order valence-corrected chi connectivity index (χ2v) is 5.24. The van der Waals surface area contributed by atoms with Crippen LogP contribution in [0.25, 0.3) is 0 Å². The van der Waals surface area contributed by atoms with Gasteiger partial charge in [0.25, 0.3) is 0 Å². The van der Waals surface area contributed by atoms with Crippen LogP contribution in [0.5, 0.6) is 5.88 Å². The lowest BCUT2D eigenvalue weighted by atomic mass is 10.1. The van der Waals surface area contributed by atoms with E-state index in [0.717, 1.165) is 15.6 Å². The molecule has 0 spiro atoms. The summed E-state index contributed by atoms with van der Waals surface area (Å²) in [5.41, 5.74) is 2.08. The molecule has 9 nitrogen and oxygen atoms in total. The second kappa shape index (κ2) is 7.11. The molecule has 0 bridgehead atoms. The molecular formula is C15H20N6O3. The number of hydrogen-bond acceptors (Lipinski definition) is 6. The van der Waals surface area contributed by atoms with Crippen LogP contribution in [0, 0.1) is 6.92 Å². The first kappa shape index (κ1) is 17.4. The summed E-state index contributed by atoms with van der Waals surface area (Å²) >= 11 is 0. The van der Waals surface area contributed by atoms with Crippen LogP contribution < -0.4 is 21.4 Å². The molecule has 0 unspecified atom stereocenters. The number of aromatic nitrogens is 2. The van der Waals surface area contributed by atoms with Crippen LogP contribution in [0.3, 0.4) is 0 Å². The Morgan fingerprint density at radius 3 is 2.58 bits per heavy atom. The first-order valence-corrected chi connectivity index (χ1v) is 7.16. The summed E-state index contributed by atoms with van der Waals surface area (Å²) in [5, 5.41) is 5.85. The fraction of sp³-hybridized carbons (Fsp3) is 0.267. The topological polar surface area (TPSA) is 120 Å². The molecule has 4 N–H and O–H groups in total. The second-order valence-electron chi connectivity index (χ2n) is 5.24. The number of ether oxygens (including phenoxy) is 1. The van der Waals surface area contributed by atoms with Gasteiger partial charge in [-0.3, -0.25) is 9.80 Å². The Balaban J connectivity index is 2.22. The van der Waals surface area contributed by atoms with Crippen molar-refractivity contribution in [1.29, 1.82) is 0 Å². The summed E-state index contributed by atoms with van der Waals surface area (Å²) in [6.45, 7) is 3.41. The van der Waals surface area contributed by atoms with Crippen molar-refractivity contribution in [3.63, 3.8) is 0 Å². The van der Waals surface area contributed by atoms with Crippen LogP contribution in [0.15, 0.2) is 30.5 Å². The average Bonchev–Trinajstić information content (AvgIpc) is 3.01. The van der Waals surface area contributed by atoms with E-state index in [-0.39, 0.29) is 12.5 Å².